The topological polar surface area (TPSA) is 41.6 Å². The minimum Gasteiger partial charge on any atom is -0.378 e. The number of ether oxygens (including phenoxy) is 1. The lowest BCUT2D eigenvalue weighted by atomic mass is 9.72. The van der Waals surface area contributed by atoms with Crippen LogP contribution in [0.2, 0.25) is 0 Å². The van der Waals surface area contributed by atoms with E-state index in [4.69, 9.17) is 4.74 Å². The number of carbonyl (C=O) groups excluding carboxylic acids is 1. The zero-order valence-electron chi connectivity index (χ0n) is 17.8. The molecule has 1 amide bonds. The normalized spacial score (nSPS) is 22.4. The van der Waals surface area contributed by atoms with Gasteiger partial charge in [-0.15, -0.1) is 11.3 Å². The van der Waals surface area contributed by atoms with Crippen LogP contribution in [0.5, 0.6) is 0 Å². The first kappa shape index (κ1) is 20.4. The van der Waals surface area contributed by atoms with Crippen molar-refractivity contribution in [1.29, 1.82) is 0 Å². The molecule has 4 nitrogen and oxygen atoms in total. The van der Waals surface area contributed by atoms with Crippen molar-refractivity contribution in [2.75, 3.05) is 20.2 Å². The number of fused-ring (bicyclic) bond motifs is 2. The van der Waals surface area contributed by atoms with Crippen LogP contribution in [0.3, 0.4) is 0 Å². The van der Waals surface area contributed by atoms with Crippen molar-refractivity contribution in [1.82, 2.24) is 10.2 Å². The monoisotopic (exact) mass is 432 g/mol. The maximum atomic E-state index is 12.9. The van der Waals surface area contributed by atoms with Crippen molar-refractivity contribution in [2.45, 2.75) is 36.9 Å². The predicted molar refractivity (Wildman–Crippen MR) is 124 cm³/mol. The van der Waals surface area contributed by atoms with Gasteiger partial charge in [-0.25, -0.2) is 0 Å². The Bertz CT molecular complexity index is 1030. The molecule has 1 aliphatic carbocycles. The second kappa shape index (κ2) is 8.58. The zero-order valence-corrected chi connectivity index (χ0v) is 18.6. The molecule has 0 saturated carbocycles. The highest BCUT2D eigenvalue weighted by Crippen LogP contribution is 2.52. The molecule has 1 spiro atoms. The molecule has 2 aromatic carbocycles. The molecule has 1 aliphatic heterocycles. The van der Waals surface area contributed by atoms with E-state index in [1.165, 1.54) is 28.0 Å². The number of methoxy groups -OCH3 is 1. The number of hydrogen-bond donors (Lipinski definition) is 1. The van der Waals surface area contributed by atoms with Crippen molar-refractivity contribution in [3.63, 3.8) is 0 Å². The van der Waals surface area contributed by atoms with Crippen LogP contribution in [0.4, 0.5) is 0 Å². The SMILES string of the molecule is CO[C@H]1[C@H](NC(=O)c2cccs2)c2ccccc2C12CCN(Cc1ccccc1)CC2. The van der Waals surface area contributed by atoms with Gasteiger partial charge in [0, 0.05) is 19.1 Å². The van der Waals surface area contributed by atoms with Gasteiger partial charge in [0.05, 0.1) is 17.0 Å². The number of amides is 1. The van der Waals surface area contributed by atoms with Gasteiger partial charge in [0.2, 0.25) is 0 Å². The van der Waals surface area contributed by atoms with E-state index in [1.54, 1.807) is 7.11 Å². The summed E-state index contributed by atoms with van der Waals surface area (Å²) >= 11 is 1.47. The van der Waals surface area contributed by atoms with Crippen LogP contribution in [-0.4, -0.2) is 37.1 Å². The maximum absolute atomic E-state index is 12.9. The van der Waals surface area contributed by atoms with Gasteiger partial charge in [-0.3, -0.25) is 9.69 Å². The Hall–Kier alpha value is -2.47. The average molecular weight is 433 g/mol. The number of rotatable bonds is 5. The van der Waals surface area contributed by atoms with E-state index < -0.39 is 0 Å². The molecule has 31 heavy (non-hydrogen) atoms. The molecular weight excluding hydrogens is 404 g/mol. The molecule has 2 heterocycles. The molecule has 1 aromatic heterocycles. The molecule has 5 rings (SSSR count). The van der Waals surface area contributed by atoms with Gasteiger partial charge in [-0.1, -0.05) is 60.7 Å². The minimum absolute atomic E-state index is 0.0181. The third-order valence-electron chi connectivity index (χ3n) is 6.96. The fraction of sp³-hybridized carbons (Fsp3) is 0.346. The number of hydrogen-bond acceptors (Lipinski definition) is 4. The highest BCUT2D eigenvalue weighted by atomic mass is 32.1. The molecule has 0 radical (unpaired) electrons. The minimum atomic E-state index is -0.128. The van der Waals surface area contributed by atoms with Crippen LogP contribution in [0.1, 0.15) is 45.2 Å². The lowest BCUT2D eigenvalue weighted by Gasteiger charge is -2.44. The first-order valence-electron chi connectivity index (χ1n) is 10.9. The molecule has 5 heteroatoms. The largest absolute Gasteiger partial charge is 0.378 e. The van der Waals surface area contributed by atoms with E-state index in [0.29, 0.717) is 0 Å². The van der Waals surface area contributed by atoms with Crippen molar-refractivity contribution in [3.05, 3.63) is 93.7 Å². The van der Waals surface area contributed by atoms with E-state index in [1.807, 2.05) is 17.5 Å². The molecule has 3 aromatic rings. The highest BCUT2D eigenvalue weighted by molar-refractivity contribution is 7.12. The molecule has 0 bridgehead atoms. The van der Waals surface area contributed by atoms with Gasteiger partial charge in [-0.05, 0) is 54.1 Å². The maximum Gasteiger partial charge on any atom is 0.261 e. The highest BCUT2D eigenvalue weighted by Gasteiger charge is 2.53. The Kier molecular flexibility index (Phi) is 5.65. The quantitative estimate of drug-likeness (QED) is 0.631. The van der Waals surface area contributed by atoms with E-state index in [2.05, 4.69) is 64.8 Å². The van der Waals surface area contributed by atoms with E-state index in [-0.39, 0.29) is 23.5 Å². The van der Waals surface area contributed by atoms with E-state index in [0.717, 1.165) is 37.4 Å². The Balaban J connectivity index is 1.39. The van der Waals surface area contributed by atoms with Crippen molar-refractivity contribution in [2.24, 2.45) is 0 Å². The standard InChI is InChI=1S/C26H28N2O2S/c1-30-24-23(27-25(29)22-12-7-17-31-22)20-10-5-6-11-21(20)26(24)13-15-28(16-14-26)18-19-8-3-2-4-9-19/h2-12,17,23-24H,13-16,18H2,1H3,(H,27,29)/t23-,24+/m1/s1. The number of nitrogens with one attached hydrogen (secondary N) is 1. The van der Waals surface area contributed by atoms with Crippen LogP contribution in [0, 0.1) is 0 Å². The zero-order chi connectivity index (χ0) is 21.3. The predicted octanol–water partition coefficient (Wildman–Crippen LogP) is 4.78. The number of benzene rings is 2. The van der Waals surface area contributed by atoms with Gasteiger partial charge in [-0.2, -0.15) is 0 Å². The first-order chi connectivity index (χ1) is 15.2. The van der Waals surface area contributed by atoms with Gasteiger partial charge in [0.15, 0.2) is 0 Å². The molecule has 2 atom stereocenters. The summed E-state index contributed by atoms with van der Waals surface area (Å²) in [5.41, 5.74) is 3.84. The molecule has 1 N–H and O–H groups in total. The van der Waals surface area contributed by atoms with Gasteiger partial charge in [0.25, 0.3) is 5.91 Å². The summed E-state index contributed by atoms with van der Waals surface area (Å²) in [6.07, 6.45) is 1.99. The Morgan fingerprint density at radius 3 is 2.52 bits per heavy atom. The third-order valence-corrected chi connectivity index (χ3v) is 7.83. The van der Waals surface area contributed by atoms with Crippen LogP contribution >= 0.6 is 11.3 Å². The smallest absolute Gasteiger partial charge is 0.261 e. The summed E-state index contributed by atoms with van der Waals surface area (Å²) < 4.78 is 6.14. The Morgan fingerprint density at radius 2 is 1.81 bits per heavy atom. The number of thiophene rings is 1. The average Bonchev–Trinajstić information content (AvgIpc) is 3.43. The number of carbonyl (C=O) groups is 1. The van der Waals surface area contributed by atoms with E-state index >= 15 is 0 Å². The summed E-state index contributed by atoms with van der Waals surface area (Å²) in [7, 11) is 1.79. The number of nitrogens with zero attached hydrogens (tertiary/aromatic N) is 1. The second-order valence-electron chi connectivity index (χ2n) is 8.59. The van der Waals surface area contributed by atoms with Crippen LogP contribution in [0.25, 0.3) is 0 Å². The van der Waals surface area contributed by atoms with Gasteiger partial charge in [0.1, 0.15) is 0 Å². The van der Waals surface area contributed by atoms with Crippen molar-refractivity contribution >= 4 is 17.2 Å². The lowest BCUT2D eigenvalue weighted by Crippen LogP contribution is -2.50. The summed E-state index contributed by atoms with van der Waals surface area (Å²) in [5, 5.41) is 5.23. The van der Waals surface area contributed by atoms with Gasteiger partial charge >= 0.3 is 0 Å². The van der Waals surface area contributed by atoms with E-state index in [9.17, 15) is 4.79 Å². The fourth-order valence-electron chi connectivity index (χ4n) is 5.50. The molecular formula is C26H28N2O2S. The molecule has 0 unspecified atom stereocenters. The summed E-state index contributed by atoms with van der Waals surface area (Å²) in [4.78, 5) is 16.2. The van der Waals surface area contributed by atoms with Crippen molar-refractivity contribution in [3.8, 4) is 0 Å². The molecule has 2 aliphatic rings. The molecule has 1 fully saturated rings. The lowest BCUT2D eigenvalue weighted by molar-refractivity contribution is -0.0121. The van der Waals surface area contributed by atoms with Crippen LogP contribution < -0.4 is 5.32 Å². The summed E-state index contributed by atoms with van der Waals surface area (Å²) in [6, 6.07) is 22.9. The van der Waals surface area contributed by atoms with Crippen molar-refractivity contribution < 1.29 is 9.53 Å². The Morgan fingerprint density at radius 1 is 1.06 bits per heavy atom. The summed E-state index contributed by atoms with van der Waals surface area (Å²) in [5.74, 6) is -0.0181. The third kappa shape index (κ3) is 3.71. The van der Waals surface area contributed by atoms with Gasteiger partial charge < -0.3 is 10.1 Å². The summed E-state index contributed by atoms with van der Waals surface area (Å²) in [6.45, 7) is 3.03. The Labute approximate surface area is 187 Å². The molecule has 160 valence electrons. The first-order valence-corrected chi connectivity index (χ1v) is 11.8. The fourth-order valence-corrected chi connectivity index (χ4v) is 6.12. The number of piperidine rings is 1. The number of likely N-dealkylation sites (tertiary alicyclic amines) is 1. The second-order valence-corrected chi connectivity index (χ2v) is 9.54. The van der Waals surface area contributed by atoms with Crippen LogP contribution in [-0.2, 0) is 16.7 Å². The molecule has 1 saturated heterocycles. The van der Waals surface area contributed by atoms with Crippen LogP contribution in [0.15, 0.2) is 72.1 Å².